The van der Waals surface area contributed by atoms with Crippen LogP contribution in [0.4, 0.5) is 11.4 Å². The minimum absolute atomic E-state index is 0.115. The molecule has 3 aromatic rings. The lowest BCUT2D eigenvalue weighted by atomic mass is 9.87. The molecule has 0 radical (unpaired) electrons. The highest BCUT2D eigenvalue weighted by atomic mass is 32.2. The lowest BCUT2D eigenvalue weighted by Crippen LogP contribution is -2.32. The normalized spacial score (nSPS) is 23.2. The van der Waals surface area contributed by atoms with Gasteiger partial charge in [-0.15, -0.1) is 11.3 Å². The Bertz CT molecular complexity index is 1200. The number of aromatic amines is 1. The minimum Gasteiger partial charge on any atom is -0.307 e. The zero-order valence-electron chi connectivity index (χ0n) is 14.4. The van der Waals surface area contributed by atoms with Gasteiger partial charge in [-0.2, -0.15) is 0 Å². The van der Waals surface area contributed by atoms with Gasteiger partial charge in [-0.25, -0.2) is 4.90 Å². The average molecular weight is 446 g/mol. The number of amides is 2. The second-order valence-electron chi connectivity index (χ2n) is 6.55. The van der Waals surface area contributed by atoms with Crippen molar-refractivity contribution in [1.29, 1.82) is 0 Å². The Balaban J connectivity index is 1.60. The molecule has 3 atom stereocenters. The highest BCUT2D eigenvalue weighted by Crippen LogP contribution is 2.53. The maximum atomic E-state index is 13.4. The standard InChI is InChI=1S/C18H11N3O5S3/c22-16-12-11(10-2-1-7-27-10)13-15(19-18(24)29-13)28-14(12)17(23)20(16)8-3-5-9(6-4-8)21(25)26/h1-7,11-12,14H,(H,19,24)/t11-,12-,14+/m0/s1. The molecule has 1 aromatic carbocycles. The van der Waals surface area contributed by atoms with Crippen LogP contribution in [0.15, 0.2) is 51.6 Å². The maximum Gasteiger partial charge on any atom is 0.305 e. The highest BCUT2D eigenvalue weighted by molar-refractivity contribution is 8.00. The largest absolute Gasteiger partial charge is 0.307 e. The fourth-order valence-corrected chi connectivity index (χ4v) is 7.23. The molecule has 1 fully saturated rings. The summed E-state index contributed by atoms with van der Waals surface area (Å²) in [5.74, 6) is -1.75. The number of imide groups is 1. The first-order valence-corrected chi connectivity index (χ1v) is 11.1. The Hall–Kier alpha value is -2.76. The number of thiophene rings is 1. The number of thioether (sulfide) groups is 1. The van der Waals surface area contributed by atoms with E-state index in [2.05, 4.69) is 4.98 Å². The van der Waals surface area contributed by atoms with Crippen LogP contribution in [-0.4, -0.2) is 27.0 Å². The Morgan fingerprint density at radius 2 is 1.83 bits per heavy atom. The average Bonchev–Trinajstić information content (AvgIpc) is 3.40. The molecule has 0 spiro atoms. The summed E-state index contributed by atoms with van der Waals surface area (Å²) in [7, 11) is 0. The van der Waals surface area contributed by atoms with Crippen LogP contribution in [0.3, 0.4) is 0 Å². The van der Waals surface area contributed by atoms with Crippen LogP contribution >= 0.6 is 34.4 Å². The lowest BCUT2D eigenvalue weighted by Gasteiger charge is -2.28. The Morgan fingerprint density at radius 3 is 2.48 bits per heavy atom. The number of hydrogen-bond acceptors (Lipinski definition) is 8. The molecule has 11 heteroatoms. The van der Waals surface area contributed by atoms with Crippen molar-refractivity contribution in [3.63, 3.8) is 0 Å². The van der Waals surface area contributed by atoms with Crippen molar-refractivity contribution in [2.75, 3.05) is 4.90 Å². The number of carbonyl (C=O) groups is 2. The van der Waals surface area contributed by atoms with Gasteiger partial charge < -0.3 is 4.98 Å². The first kappa shape index (κ1) is 18.3. The van der Waals surface area contributed by atoms with Gasteiger partial charge in [0.15, 0.2) is 0 Å². The zero-order chi connectivity index (χ0) is 20.3. The van der Waals surface area contributed by atoms with E-state index in [1.165, 1.54) is 47.4 Å². The molecule has 4 heterocycles. The highest BCUT2D eigenvalue weighted by Gasteiger charge is 2.56. The number of fused-ring (bicyclic) bond motifs is 2. The van der Waals surface area contributed by atoms with Crippen LogP contribution in [0.2, 0.25) is 0 Å². The number of anilines is 1. The molecule has 1 saturated heterocycles. The van der Waals surface area contributed by atoms with Gasteiger partial charge in [-0.1, -0.05) is 29.2 Å². The van der Waals surface area contributed by atoms with Crippen LogP contribution in [0.1, 0.15) is 15.7 Å². The van der Waals surface area contributed by atoms with E-state index in [-0.39, 0.29) is 28.3 Å². The molecule has 0 bridgehead atoms. The third kappa shape index (κ3) is 2.76. The minimum atomic E-state index is -0.664. The lowest BCUT2D eigenvalue weighted by molar-refractivity contribution is -0.384. The summed E-state index contributed by atoms with van der Waals surface area (Å²) in [6.07, 6.45) is 0. The van der Waals surface area contributed by atoms with Gasteiger partial charge in [0.2, 0.25) is 11.8 Å². The molecule has 2 aliphatic heterocycles. The fraction of sp³-hybridized carbons (Fsp3) is 0.167. The number of nitrogens with zero attached hydrogens (tertiary/aromatic N) is 2. The molecular formula is C18H11N3O5S3. The van der Waals surface area contributed by atoms with Crippen LogP contribution in [-0.2, 0) is 9.59 Å². The van der Waals surface area contributed by atoms with E-state index in [4.69, 9.17) is 0 Å². The monoisotopic (exact) mass is 445 g/mol. The van der Waals surface area contributed by atoms with Crippen molar-refractivity contribution < 1.29 is 14.5 Å². The van der Waals surface area contributed by atoms with E-state index in [1.807, 2.05) is 17.5 Å². The van der Waals surface area contributed by atoms with Gasteiger partial charge in [0, 0.05) is 27.8 Å². The predicted molar refractivity (Wildman–Crippen MR) is 110 cm³/mol. The van der Waals surface area contributed by atoms with Gasteiger partial charge in [-0.3, -0.25) is 24.5 Å². The summed E-state index contributed by atoms with van der Waals surface area (Å²) >= 11 is 3.76. The summed E-state index contributed by atoms with van der Waals surface area (Å²) in [6, 6.07) is 9.15. The van der Waals surface area contributed by atoms with Crippen molar-refractivity contribution >= 4 is 57.6 Å². The predicted octanol–water partition coefficient (Wildman–Crippen LogP) is 3.20. The molecule has 2 aliphatic rings. The zero-order valence-corrected chi connectivity index (χ0v) is 16.9. The first-order chi connectivity index (χ1) is 14.0. The molecule has 1 N–H and O–H groups in total. The first-order valence-electron chi connectivity index (χ1n) is 8.51. The smallest absolute Gasteiger partial charge is 0.305 e. The van der Waals surface area contributed by atoms with E-state index in [0.29, 0.717) is 10.7 Å². The van der Waals surface area contributed by atoms with E-state index in [0.717, 1.165) is 26.0 Å². The van der Waals surface area contributed by atoms with Gasteiger partial charge in [0.05, 0.1) is 21.6 Å². The van der Waals surface area contributed by atoms with E-state index < -0.39 is 16.1 Å². The van der Waals surface area contributed by atoms with E-state index >= 15 is 0 Å². The number of nitro benzene ring substituents is 1. The Morgan fingerprint density at radius 1 is 1.07 bits per heavy atom. The van der Waals surface area contributed by atoms with Crippen LogP contribution < -0.4 is 9.77 Å². The maximum absolute atomic E-state index is 13.4. The topological polar surface area (TPSA) is 113 Å². The third-order valence-electron chi connectivity index (χ3n) is 4.99. The number of carbonyl (C=O) groups excluding carboxylic acids is 2. The third-order valence-corrected chi connectivity index (χ3v) is 8.35. The van der Waals surface area contributed by atoms with Crippen LogP contribution in [0.25, 0.3) is 0 Å². The molecule has 5 rings (SSSR count). The molecule has 2 amide bonds. The second kappa shape index (κ2) is 6.65. The summed E-state index contributed by atoms with van der Waals surface area (Å²) in [6.45, 7) is 0. The van der Waals surface area contributed by atoms with Crippen molar-refractivity contribution in [1.82, 2.24) is 4.98 Å². The molecule has 0 aliphatic carbocycles. The fourth-order valence-electron chi connectivity index (χ4n) is 3.77. The van der Waals surface area contributed by atoms with E-state index in [1.54, 1.807) is 0 Å². The molecule has 29 heavy (non-hydrogen) atoms. The molecule has 146 valence electrons. The molecule has 0 saturated carbocycles. The number of thiazole rings is 1. The number of benzene rings is 1. The van der Waals surface area contributed by atoms with Crippen LogP contribution in [0, 0.1) is 16.0 Å². The number of nitrogens with one attached hydrogen (secondary N) is 1. The van der Waals surface area contributed by atoms with Crippen molar-refractivity contribution in [3.8, 4) is 0 Å². The number of non-ortho nitro benzene ring substituents is 1. The summed E-state index contributed by atoms with van der Waals surface area (Å²) in [5, 5.41) is 12.8. The van der Waals surface area contributed by atoms with Gasteiger partial charge in [0.1, 0.15) is 5.25 Å². The van der Waals surface area contributed by atoms with Gasteiger partial charge >= 0.3 is 4.87 Å². The van der Waals surface area contributed by atoms with Crippen molar-refractivity contribution in [2.24, 2.45) is 5.92 Å². The van der Waals surface area contributed by atoms with Crippen molar-refractivity contribution in [3.05, 3.63) is 71.3 Å². The van der Waals surface area contributed by atoms with E-state index in [9.17, 15) is 24.5 Å². The molecule has 0 unspecified atom stereocenters. The summed E-state index contributed by atoms with van der Waals surface area (Å²) in [4.78, 5) is 54.2. The Labute approximate surface area is 175 Å². The van der Waals surface area contributed by atoms with Crippen LogP contribution in [0.5, 0.6) is 0 Å². The number of H-pyrrole nitrogens is 1. The number of hydrogen-bond donors (Lipinski definition) is 1. The Kier molecular flexibility index (Phi) is 4.19. The van der Waals surface area contributed by atoms with Gasteiger partial charge in [-0.05, 0) is 23.6 Å². The van der Waals surface area contributed by atoms with Gasteiger partial charge in [0.25, 0.3) is 5.69 Å². The molecule has 8 nitrogen and oxygen atoms in total. The SMILES string of the molecule is O=C1[C@H]2[C@H](c3cccs3)c3sc(=O)[nH]c3S[C@H]2C(=O)N1c1ccc([N+](=O)[O-])cc1. The van der Waals surface area contributed by atoms with Crippen molar-refractivity contribution in [2.45, 2.75) is 16.2 Å². The number of aromatic nitrogens is 1. The quantitative estimate of drug-likeness (QED) is 0.376. The summed E-state index contributed by atoms with van der Waals surface area (Å²) < 4.78 is 0. The summed E-state index contributed by atoms with van der Waals surface area (Å²) in [5.41, 5.74) is 0.193. The molecular weight excluding hydrogens is 434 g/mol. The molecule has 2 aromatic heterocycles. The second-order valence-corrected chi connectivity index (χ2v) is 9.70. The number of nitro groups is 1. The number of rotatable bonds is 3.